The zero-order valence-electron chi connectivity index (χ0n) is 11.8. The number of ether oxygens (including phenoxy) is 1. The molecule has 0 spiro atoms. The van der Waals surface area contributed by atoms with E-state index in [0.29, 0.717) is 16.7 Å². The summed E-state index contributed by atoms with van der Waals surface area (Å²) in [5, 5.41) is 5.26. The van der Waals surface area contributed by atoms with E-state index in [1.165, 1.54) is 0 Å². The van der Waals surface area contributed by atoms with Crippen molar-refractivity contribution in [1.29, 1.82) is 0 Å². The van der Waals surface area contributed by atoms with Crippen LogP contribution in [-0.2, 0) is 0 Å². The maximum Gasteiger partial charge on any atom is 0.123 e. The summed E-state index contributed by atoms with van der Waals surface area (Å²) in [4.78, 5) is 4.72. The molecular weight excluding hydrogens is 337 g/mol. The summed E-state index contributed by atoms with van der Waals surface area (Å²) >= 11 is 13.8. The third kappa shape index (κ3) is 3.43. The summed E-state index contributed by atoms with van der Waals surface area (Å²) in [5.74, 6) is 0.782. The van der Waals surface area contributed by atoms with Gasteiger partial charge >= 0.3 is 0 Å². The van der Waals surface area contributed by atoms with E-state index in [2.05, 4.69) is 5.38 Å². The van der Waals surface area contributed by atoms with Crippen molar-refractivity contribution in [2.24, 2.45) is 0 Å². The molecule has 2 heterocycles. The highest BCUT2D eigenvalue weighted by molar-refractivity contribution is 7.08. The monoisotopic (exact) mass is 349 g/mol. The van der Waals surface area contributed by atoms with E-state index in [-0.39, 0.29) is 0 Å². The Balaban J connectivity index is 2.13. The highest BCUT2D eigenvalue weighted by Crippen LogP contribution is 2.32. The molecule has 0 saturated carbocycles. The van der Waals surface area contributed by atoms with Crippen molar-refractivity contribution in [2.45, 2.75) is 6.92 Å². The first-order chi connectivity index (χ1) is 10.7. The van der Waals surface area contributed by atoms with E-state index in [9.17, 15) is 0 Å². The van der Waals surface area contributed by atoms with Crippen molar-refractivity contribution in [2.75, 3.05) is 6.61 Å². The number of thiophene rings is 1. The van der Waals surface area contributed by atoms with Crippen molar-refractivity contribution < 1.29 is 4.74 Å². The van der Waals surface area contributed by atoms with Crippen molar-refractivity contribution in [1.82, 2.24) is 4.98 Å². The topological polar surface area (TPSA) is 22.1 Å². The SMILES string of the molecule is CCOc1cc(-c2ccsc2)nc(-c2cc(Cl)cc(Cl)c2)c1. The summed E-state index contributed by atoms with van der Waals surface area (Å²) in [7, 11) is 0. The lowest BCUT2D eigenvalue weighted by Crippen LogP contribution is -1.95. The highest BCUT2D eigenvalue weighted by Gasteiger charge is 2.09. The van der Waals surface area contributed by atoms with Crippen LogP contribution in [0.15, 0.2) is 47.2 Å². The van der Waals surface area contributed by atoms with Crippen molar-refractivity contribution >= 4 is 34.5 Å². The van der Waals surface area contributed by atoms with Crippen LogP contribution in [0.25, 0.3) is 22.5 Å². The largest absolute Gasteiger partial charge is 0.494 e. The smallest absolute Gasteiger partial charge is 0.123 e. The van der Waals surface area contributed by atoms with Gasteiger partial charge in [-0.2, -0.15) is 11.3 Å². The summed E-state index contributed by atoms with van der Waals surface area (Å²) in [6.07, 6.45) is 0. The molecule has 2 aromatic heterocycles. The van der Waals surface area contributed by atoms with Gasteiger partial charge in [0.1, 0.15) is 5.75 Å². The molecule has 0 radical (unpaired) electrons. The number of hydrogen-bond acceptors (Lipinski definition) is 3. The lowest BCUT2D eigenvalue weighted by atomic mass is 10.1. The van der Waals surface area contributed by atoms with Gasteiger partial charge in [-0.1, -0.05) is 23.2 Å². The van der Waals surface area contributed by atoms with Crippen LogP contribution in [0.2, 0.25) is 10.0 Å². The second-order valence-electron chi connectivity index (χ2n) is 4.68. The van der Waals surface area contributed by atoms with Crippen LogP contribution >= 0.6 is 34.5 Å². The molecule has 0 aliphatic rings. The average Bonchev–Trinajstić information content (AvgIpc) is 3.00. The molecule has 5 heteroatoms. The molecule has 0 bridgehead atoms. The van der Waals surface area contributed by atoms with Gasteiger partial charge in [-0.3, -0.25) is 0 Å². The molecule has 112 valence electrons. The molecule has 3 aromatic rings. The first-order valence-corrected chi connectivity index (χ1v) is 8.49. The summed E-state index contributed by atoms with van der Waals surface area (Å²) in [5.41, 5.74) is 3.60. The molecule has 0 atom stereocenters. The van der Waals surface area contributed by atoms with Crippen molar-refractivity contribution in [3.05, 3.63) is 57.2 Å². The quantitative estimate of drug-likeness (QED) is 0.560. The molecule has 0 unspecified atom stereocenters. The van der Waals surface area contributed by atoms with Gasteiger partial charge in [0.25, 0.3) is 0 Å². The van der Waals surface area contributed by atoms with Crippen LogP contribution in [0, 0.1) is 0 Å². The molecule has 0 N–H and O–H groups in total. The average molecular weight is 350 g/mol. The highest BCUT2D eigenvalue weighted by atomic mass is 35.5. The maximum atomic E-state index is 6.10. The number of benzene rings is 1. The fourth-order valence-electron chi connectivity index (χ4n) is 2.16. The van der Waals surface area contributed by atoms with Crippen LogP contribution < -0.4 is 4.74 Å². The van der Waals surface area contributed by atoms with Gasteiger partial charge in [0.2, 0.25) is 0 Å². The predicted octanol–water partition coefficient (Wildman–Crippen LogP) is 6.18. The Bertz CT molecular complexity index is 767. The van der Waals surface area contributed by atoms with Gasteiger partial charge in [-0.15, -0.1) is 0 Å². The Labute approximate surface area is 143 Å². The number of rotatable bonds is 4. The molecule has 0 saturated heterocycles. The normalized spacial score (nSPS) is 10.7. The molecule has 22 heavy (non-hydrogen) atoms. The molecule has 0 fully saturated rings. The van der Waals surface area contributed by atoms with E-state index in [0.717, 1.165) is 28.3 Å². The fourth-order valence-corrected chi connectivity index (χ4v) is 3.34. The summed E-state index contributed by atoms with van der Waals surface area (Å²) < 4.78 is 5.66. The number of aromatic nitrogens is 1. The first kappa shape index (κ1) is 15.3. The molecular formula is C17H13Cl2NOS. The van der Waals surface area contributed by atoms with E-state index >= 15 is 0 Å². The predicted molar refractivity (Wildman–Crippen MR) is 94.2 cm³/mol. The Morgan fingerprint density at radius 3 is 2.27 bits per heavy atom. The molecule has 0 aliphatic carbocycles. The Morgan fingerprint density at radius 2 is 1.68 bits per heavy atom. The van der Waals surface area contributed by atoms with Crippen LogP contribution in [0.5, 0.6) is 5.75 Å². The minimum atomic E-state index is 0.586. The first-order valence-electron chi connectivity index (χ1n) is 6.79. The van der Waals surface area contributed by atoms with Gasteiger partial charge in [0.05, 0.1) is 18.0 Å². The number of pyridine rings is 1. The Hall–Kier alpha value is -1.55. The summed E-state index contributed by atoms with van der Waals surface area (Å²) in [6, 6.07) is 11.3. The minimum absolute atomic E-state index is 0.586. The van der Waals surface area contributed by atoms with Gasteiger partial charge in [0.15, 0.2) is 0 Å². The number of halogens is 2. The molecule has 0 aliphatic heterocycles. The van der Waals surface area contributed by atoms with E-state index < -0.39 is 0 Å². The maximum absolute atomic E-state index is 6.10. The fraction of sp³-hybridized carbons (Fsp3) is 0.118. The molecule has 3 rings (SSSR count). The van der Waals surface area contributed by atoms with Crippen LogP contribution in [0.1, 0.15) is 6.92 Å². The number of nitrogens with zero attached hydrogens (tertiary/aromatic N) is 1. The van der Waals surface area contributed by atoms with Crippen molar-refractivity contribution in [3.8, 4) is 28.3 Å². The third-order valence-corrected chi connectivity index (χ3v) is 4.20. The van der Waals surface area contributed by atoms with Crippen molar-refractivity contribution in [3.63, 3.8) is 0 Å². The zero-order chi connectivity index (χ0) is 15.5. The molecule has 0 amide bonds. The zero-order valence-corrected chi connectivity index (χ0v) is 14.2. The minimum Gasteiger partial charge on any atom is -0.494 e. The number of hydrogen-bond donors (Lipinski definition) is 0. The third-order valence-electron chi connectivity index (χ3n) is 3.09. The van der Waals surface area contributed by atoms with Crippen LogP contribution in [0.4, 0.5) is 0 Å². The lowest BCUT2D eigenvalue weighted by Gasteiger charge is -2.10. The molecule has 1 aromatic carbocycles. The standard InChI is InChI=1S/C17H13Cl2NOS/c1-2-21-15-8-16(11-3-4-22-10-11)20-17(9-15)12-5-13(18)7-14(19)6-12/h3-10H,2H2,1H3. The van der Waals surface area contributed by atoms with Crippen LogP contribution in [-0.4, -0.2) is 11.6 Å². The molecule has 2 nitrogen and oxygen atoms in total. The van der Waals surface area contributed by atoms with E-state index in [4.69, 9.17) is 32.9 Å². The summed E-state index contributed by atoms with van der Waals surface area (Å²) in [6.45, 7) is 2.56. The second kappa shape index (κ2) is 6.69. The van der Waals surface area contributed by atoms with E-state index in [1.54, 1.807) is 17.4 Å². The van der Waals surface area contributed by atoms with Gasteiger partial charge in [-0.05, 0) is 36.6 Å². The lowest BCUT2D eigenvalue weighted by molar-refractivity contribution is 0.340. The van der Waals surface area contributed by atoms with E-state index in [1.807, 2.05) is 42.6 Å². The second-order valence-corrected chi connectivity index (χ2v) is 6.33. The Morgan fingerprint density at radius 1 is 1.00 bits per heavy atom. The van der Waals surface area contributed by atoms with Gasteiger partial charge < -0.3 is 4.74 Å². The van der Waals surface area contributed by atoms with Crippen LogP contribution in [0.3, 0.4) is 0 Å². The van der Waals surface area contributed by atoms with Gasteiger partial charge in [-0.25, -0.2) is 4.98 Å². The Kier molecular flexibility index (Phi) is 4.67. The van der Waals surface area contributed by atoms with Gasteiger partial charge in [0, 0.05) is 38.7 Å².